The predicted octanol–water partition coefficient (Wildman–Crippen LogP) is 2.49. The van der Waals surface area contributed by atoms with E-state index in [9.17, 15) is 9.90 Å². The molecule has 0 saturated heterocycles. The molecule has 3 N–H and O–H groups in total. The lowest BCUT2D eigenvalue weighted by molar-refractivity contribution is 0.175. The molecule has 0 aliphatic carbocycles. The van der Waals surface area contributed by atoms with Crippen molar-refractivity contribution in [2.24, 2.45) is 0 Å². The number of hydrogen-bond donors (Lipinski definition) is 3. The van der Waals surface area contributed by atoms with E-state index in [1.54, 1.807) is 37.3 Å². The molecule has 1 heterocycles. The fraction of sp³-hybridized carbons (Fsp3) is 0.231. The Labute approximate surface area is 120 Å². The van der Waals surface area contributed by atoms with E-state index in [-0.39, 0.29) is 6.54 Å². The normalized spacial score (nSPS) is 11.9. The van der Waals surface area contributed by atoms with Gasteiger partial charge in [0, 0.05) is 17.6 Å². The molecule has 106 valence electrons. The number of urea groups is 1. The minimum atomic E-state index is -0.808. The van der Waals surface area contributed by atoms with Crippen molar-refractivity contribution in [3.63, 3.8) is 0 Å². The second-order valence-corrected chi connectivity index (χ2v) is 4.66. The first-order valence-corrected chi connectivity index (χ1v) is 6.34. The molecule has 6 nitrogen and oxygen atoms in total. The van der Waals surface area contributed by atoms with Crippen LogP contribution in [0.3, 0.4) is 0 Å². The van der Waals surface area contributed by atoms with Gasteiger partial charge in [0.1, 0.15) is 5.76 Å². The number of anilines is 1. The maximum atomic E-state index is 11.6. The number of aliphatic hydroxyl groups is 1. The molecule has 0 bridgehead atoms. The van der Waals surface area contributed by atoms with Gasteiger partial charge in [0.05, 0.1) is 6.10 Å². The van der Waals surface area contributed by atoms with Crippen molar-refractivity contribution >= 4 is 23.4 Å². The van der Waals surface area contributed by atoms with Crippen LogP contribution in [-0.2, 0) is 0 Å². The van der Waals surface area contributed by atoms with Gasteiger partial charge in [-0.1, -0.05) is 28.9 Å². The Balaban J connectivity index is 1.82. The molecular formula is C13H14ClN3O3. The number of nitrogens with one attached hydrogen (secondary N) is 2. The van der Waals surface area contributed by atoms with Crippen molar-refractivity contribution in [1.29, 1.82) is 0 Å². The fourth-order valence-corrected chi connectivity index (χ4v) is 1.70. The number of carbonyl (C=O) groups excluding carboxylic acids is 1. The molecular weight excluding hydrogens is 282 g/mol. The van der Waals surface area contributed by atoms with Crippen LogP contribution in [0.1, 0.15) is 17.4 Å². The number of halogens is 1. The zero-order valence-electron chi connectivity index (χ0n) is 10.8. The minimum absolute atomic E-state index is 0.0737. The number of nitrogens with zero attached hydrogens (tertiary/aromatic N) is 1. The van der Waals surface area contributed by atoms with E-state index in [2.05, 4.69) is 15.8 Å². The molecule has 0 radical (unpaired) electrons. The van der Waals surface area contributed by atoms with E-state index in [0.717, 1.165) is 0 Å². The number of carbonyl (C=O) groups is 1. The Bertz CT molecular complexity index is 583. The maximum absolute atomic E-state index is 11.6. The van der Waals surface area contributed by atoms with Crippen LogP contribution >= 0.6 is 11.6 Å². The van der Waals surface area contributed by atoms with E-state index in [1.165, 1.54) is 0 Å². The molecule has 1 aromatic heterocycles. The molecule has 0 fully saturated rings. The molecule has 7 heteroatoms. The summed E-state index contributed by atoms with van der Waals surface area (Å²) in [5, 5.41) is 19.2. The van der Waals surface area contributed by atoms with Crippen molar-refractivity contribution in [2.75, 3.05) is 11.9 Å². The van der Waals surface area contributed by atoms with Gasteiger partial charge >= 0.3 is 6.03 Å². The number of aliphatic hydroxyl groups excluding tert-OH is 1. The Hall–Kier alpha value is -2.05. The van der Waals surface area contributed by atoms with Gasteiger partial charge in [-0.05, 0) is 24.6 Å². The number of aryl methyl sites for hydroxylation is 1. The van der Waals surface area contributed by atoms with Crippen LogP contribution in [0.2, 0.25) is 5.02 Å². The molecule has 0 unspecified atom stereocenters. The summed E-state index contributed by atoms with van der Waals surface area (Å²) in [6, 6.07) is 7.89. The number of hydrogen-bond acceptors (Lipinski definition) is 4. The first-order chi connectivity index (χ1) is 9.54. The van der Waals surface area contributed by atoms with E-state index in [0.29, 0.717) is 22.2 Å². The highest BCUT2D eigenvalue weighted by molar-refractivity contribution is 6.30. The zero-order valence-corrected chi connectivity index (χ0v) is 11.5. The quantitative estimate of drug-likeness (QED) is 0.808. The molecule has 1 aromatic carbocycles. The second kappa shape index (κ2) is 6.40. The lowest BCUT2D eigenvalue weighted by Crippen LogP contribution is -2.32. The molecule has 1 atom stereocenters. The van der Waals surface area contributed by atoms with Crippen LogP contribution in [0.25, 0.3) is 0 Å². The van der Waals surface area contributed by atoms with Crippen molar-refractivity contribution < 1.29 is 14.4 Å². The highest BCUT2D eigenvalue weighted by Crippen LogP contribution is 2.15. The fourth-order valence-electron chi connectivity index (χ4n) is 1.58. The molecule has 0 aliphatic heterocycles. The minimum Gasteiger partial charge on any atom is -0.387 e. The van der Waals surface area contributed by atoms with Crippen LogP contribution in [0, 0.1) is 6.92 Å². The zero-order chi connectivity index (χ0) is 14.5. The van der Waals surface area contributed by atoms with Gasteiger partial charge in [0.15, 0.2) is 5.82 Å². The third kappa shape index (κ3) is 3.97. The summed E-state index contributed by atoms with van der Waals surface area (Å²) < 4.78 is 4.82. The Morgan fingerprint density at radius 3 is 2.75 bits per heavy atom. The summed E-state index contributed by atoms with van der Waals surface area (Å²) in [5.41, 5.74) is 0.673. The Kier molecular flexibility index (Phi) is 4.60. The van der Waals surface area contributed by atoms with Crippen molar-refractivity contribution in [2.45, 2.75) is 13.0 Å². The molecule has 2 rings (SSSR count). The first-order valence-electron chi connectivity index (χ1n) is 5.96. The predicted molar refractivity (Wildman–Crippen MR) is 74.7 cm³/mol. The Morgan fingerprint density at radius 1 is 1.45 bits per heavy atom. The van der Waals surface area contributed by atoms with Gasteiger partial charge in [-0.15, -0.1) is 0 Å². The number of rotatable bonds is 4. The average molecular weight is 296 g/mol. The molecule has 2 aromatic rings. The molecule has 2 amide bonds. The summed E-state index contributed by atoms with van der Waals surface area (Å²) in [6.45, 7) is 1.80. The summed E-state index contributed by atoms with van der Waals surface area (Å²) >= 11 is 5.76. The third-order valence-corrected chi connectivity index (χ3v) is 2.83. The summed E-state index contributed by atoms with van der Waals surface area (Å²) in [4.78, 5) is 11.6. The summed E-state index contributed by atoms with van der Waals surface area (Å²) in [7, 11) is 0. The Morgan fingerprint density at radius 2 is 2.15 bits per heavy atom. The number of amides is 2. The average Bonchev–Trinajstić information content (AvgIpc) is 2.82. The molecule has 0 aliphatic rings. The van der Waals surface area contributed by atoms with E-state index >= 15 is 0 Å². The van der Waals surface area contributed by atoms with Gasteiger partial charge in [-0.3, -0.25) is 5.32 Å². The van der Waals surface area contributed by atoms with Crippen molar-refractivity contribution in [3.05, 3.63) is 46.7 Å². The third-order valence-electron chi connectivity index (χ3n) is 2.58. The van der Waals surface area contributed by atoms with Crippen molar-refractivity contribution in [1.82, 2.24) is 10.5 Å². The molecule has 20 heavy (non-hydrogen) atoms. The second-order valence-electron chi connectivity index (χ2n) is 4.23. The maximum Gasteiger partial charge on any atom is 0.320 e. The van der Waals surface area contributed by atoms with E-state index < -0.39 is 12.1 Å². The highest BCUT2D eigenvalue weighted by Gasteiger charge is 2.10. The van der Waals surface area contributed by atoms with Crippen molar-refractivity contribution in [3.8, 4) is 0 Å². The van der Waals surface area contributed by atoms with Gasteiger partial charge in [0.2, 0.25) is 0 Å². The number of aromatic nitrogens is 1. The standard InChI is InChI=1S/C13H14ClN3O3/c1-8-6-12(17-20-8)16-13(19)15-7-11(18)9-2-4-10(14)5-3-9/h2-6,11,18H,7H2,1H3,(H2,15,16,17,19)/t11-/m0/s1. The summed E-state index contributed by atoms with van der Waals surface area (Å²) in [5.74, 6) is 0.919. The monoisotopic (exact) mass is 295 g/mol. The molecule has 0 spiro atoms. The van der Waals surface area contributed by atoms with E-state index in [4.69, 9.17) is 16.1 Å². The van der Waals surface area contributed by atoms with Gasteiger partial charge in [-0.2, -0.15) is 0 Å². The van der Waals surface area contributed by atoms with E-state index in [1.807, 2.05) is 0 Å². The van der Waals surface area contributed by atoms with Crippen LogP contribution in [0.4, 0.5) is 10.6 Å². The van der Waals surface area contributed by atoms with Gasteiger partial charge in [0.25, 0.3) is 0 Å². The molecule has 0 saturated carbocycles. The highest BCUT2D eigenvalue weighted by atomic mass is 35.5. The van der Waals surface area contributed by atoms with Crippen LogP contribution in [0.15, 0.2) is 34.9 Å². The van der Waals surface area contributed by atoms with Gasteiger partial charge < -0.3 is 14.9 Å². The van der Waals surface area contributed by atoms with Gasteiger partial charge in [-0.25, -0.2) is 4.79 Å². The van der Waals surface area contributed by atoms with Crippen LogP contribution < -0.4 is 10.6 Å². The largest absolute Gasteiger partial charge is 0.387 e. The lowest BCUT2D eigenvalue weighted by atomic mass is 10.1. The number of benzene rings is 1. The SMILES string of the molecule is Cc1cc(NC(=O)NC[C@H](O)c2ccc(Cl)cc2)no1. The topological polar surface area (TPSA) is 87.4 Å². The smallest absolute Gasteiger partial charge is 0.320 e. The van der Waals surface area contributed by atoms with Crippen LogP contribution in [-0.4, -0.2) is 22.8 Å². The lowest BCUT2D eigenvalue weighted by Gasteiger charge is -2.12. The van der Waals surface area contributed by atoms with Crippen LogP contribution in [0.5, 0.6) is 0 Å². The first kappa shape index (κ1) is 14.4. The summed E-state index contributed by atoms with van der Waals surface area (Å²) in [6.07, 6.45) is -0.808.